The number of hydrogen-bond acceptors (Lipinski definition) is 5. The Balaban J connectivity index is 2.00. The number of carbonyl (C=O) groups excluding carboxylic acids is 1. The molecular weight excluding hydrogens is 394 g/mol. The molecule has 1 unspecified atom stereocenters. The monoisotopic (exact) mass is 423 g/mol. The molecule has 3 rings (SSSR count). The van der Waals surface area contributed by atoms with Crippen LogP contribution in [0.2, 0.25) is 0 Å². The number of thioether (sulfide) groups is 1. The van der Waals surface area contributed by atoms with E-state index in [1.807, 2.05) is 37.5 Å². The van der Waals surface area contributed by atoms with Crippen molar-refractivity contribution in [2.24, 2.45) is 0 Å². The van der Waals surface area contributed by atoms with Crippen molar-refractivity contribution in [3.8, 4) is 17.1 Å². The number of benzene rings is 1. The van der Waals surface area contributed by atoms with Gasteiger partial charge < -0.3 is 5.32 Å². The quantitative estimate of drug-likeness (QED) is 0.556. The van der Waals surface area contributed by atoms with E-state index < -0.39 is 0 Å². The van der Waals surface area contributed by atoms with Crippen LogP contribution in [-0.2, 0) is 4.79 Å². The van der Waals surface area contributed by atoms with Crippen LogP contribution in [0.5, 0.6) is 0 Å². The third-order valence-corrected chi connectivity index (χ3v) is 6.36. The van der Waals surface area contributed by atoms with E-state index in [0.29, 0.717) is 5.16 Å². The zero-order valence-electron chi connectivity index (χ0n) is 18.4. The van der Waals surface area contributed by atoms with Crippen molar-refractivity contribution in [3.63, 3.8) is 0 Å². The van der Waals surface area contributed by atoms with Crippen molar-refractivity contribution >= 4 is 17.7 Å². The van der Waals surface area contributed by atoms with E-state index in [4.69, 9.17) is 0 Å². The van der Waals surface area contributed by atoms with Gasteiger partial charge in [0.1, 0.15) is 0 Å². The van der Waals surface area contributed by atoms with Gasteiger partial charge in [0, 0.05) is 23.5 Å². The van der Waals surface area contributed by atoms with Gasteiger partial charge in [0.2, 0.25) is 5.91 Å². The molecule has 1 atom stereocenters. The number of nitrogens with zero attached hydrogens (tertiary/aromatic N) is 4. The van der Waals surface area contributed by atoms with Crippen LogP contribution < -0.4 is 5.32 Å². The largest absolute Gasteiger partial charge is 0.350 e. The molecule has 0 radical (unpaired) electrons. The predicted octanol–water partition coefficient (Wildman–Crippen LogP) is 4.73. The van der Waals surface area contributed by atoms with Gasteiger partial charge in [-0.3, -0.25) is 14.3 Å². The number of carbonyl (C=O) groups is 1. The van der Waals surface area contributed by atoms with E-state index in [9.17, 15) is 4.79 Å². The topological polar surface area (TPSA) is 72.7 Å². The summed E-state index contributed by atoms with van der Waals surface area (Å²) in [5.41, 5.74) is 4.07. The highest BCUT2D eigenvalue weighted by molar-refractivity contribution is 8.00. The Morgan fingerprint density at radius 3 is 2.47 bits per heavy atom. The summed E-state index contributed by atoms with van der Waals surface area (Å²) in [6.07, 6.45) is 4.34. The summed E-state index contributed by atoms with van der Waals surface area (Å²) in [5.74, 6) is 0.719. The van der Waals surface area contributed by atoms with Gasteiger partial charge in [-0.25, -0.2) is 0 Å². The fraction of sp³-hybridized carbons (Fsp3) is 0.391. The van der Waals surface area contributed by atoms with Crippen molar-refractivity contribution < 1.29 is 4.79 Å². The van der Waals surface area contributed by atoms with Crippen molar-refractivity contribution in [1.29, 1.82) is 0 Å². The zero-order chi connectivity index (χ0) is 21.9. The molecule has 0 bridgehead atoms. The van der Waals surface area contributed by atoms with Gasteiger partial charge in [0.05, 0.1) is 10.9 Å². The molecule has 0 spiro atoms. The minimum absolute atomic E-state index is 0.00746. The minimum atomic E-state index is -0.310. The average molecular weight is 424 g/mol. The van der Waals surface area contributed by atoms with Gasteiger partial charge in [0.25, 0.3) is 0 Å². The Bertz CT molecular complexity index is 1030. The Morgan fingerprint density at radius 1 is 1.13 bits per heavy atom. The number of hydrogen-bond donors (Lipinski definition) is 1. The summed E-state index contributed by atoms with van der Waals surface area (Å²) in [7, 11) is 0. The van der Waals surface area contributed by atoms with E-state index in [2.05, 4.69) is 59.5 Å². The molecule has 2 aromatic heterocycles. The van der Waals surface area contributed by atoms with Gasteiger partial charge in [-0.05, 0) is 76.4 Å². The summed E-state index contributed by atoms with van der Waals surface area (Å²) in [6.45, 7) is 12.2. The van der Waals surface area contributed by atoms with Crippen LogP contribution in [0, 0.1) is 13.8 Å². The van der Waals surface area contributed by atoms with E-state index in [1.165, 1.54) is 22.9 Å². The Labute approximate surface area is 182 Å². The fourth-order valence-electron chi connectivity index (χ4n) is 2.87. The third kappa shape index (κ3) is 4.90. The fourth-order valence-corrected chi connectivity index (χ4v) is 3.73. The molecule has 30 heavy (non-hydrogen) atoms. The normalized spacial score (nSPS) is 12.6. The van der Waals surface area contributed by atoms with Crippen LogP contribution in [0.25, 0.3) is 17.1 Å². The van der Waals surface area contributed by atoms with E-state index in [-0.39, 0.29) is 16.7 Å². The van der Waals surface area contributed by atoms with Crippen LogP contribution >= 0.6 is 11.8 Å². The Hall–Kier alpha value is -2.67. The highest BCUT2D eigenvalue weighted by atomic mass is 32.2. The second-order valence-corrected chi connectivity index (χ2v) is 9.44. The molecule has 0 saturated carbocycles. The second-order valence-electron chi connectivity index (χ2n) is 8.13. The molecule has 0 aliphatic carbocycles. The highest BCUT2D eigenvalue weighted by Crippen LogP contribution is 2.31. The summed E-state index contributed by atoms with van der Waals surface area (Å²) in [6, 6.07) is 10.1. The first-order chi connectivity index (χ1) is 14.2. The lowest BCUT2D eigenvalue weighted by Gasteiger charge is -2.26. The average Bonchev–Trinajstić information content (AvgIpc) is 3.14. The molecule has 6 nitrogen and oxygen atoms in total. The summed E-state index contributed by atoms with van der Waals surface area (Å²) >= 11 is 1.41. The van der Waals surface area contributed by atoms with Gasteiger partial charge in [-0.15, -0.1) is 10.2 Å². The summed E-state index contributed by atoms with van der Waals surface area (Å²) < 4.78 is 2.02. The highest BCUT2D eigenvalue weighted by Gasteiger charge is 2.25. The van der Waals surface area contributed by atoms with Gasteiger partial charge >= 0.3 is 0 Å². The van der Waals surface area contributed by atoms with Crippen molar-refractivity contribution in [2.45, 2.75) is 63.9 Å². The molecule has 158 valence electrons. The lowest BCUT2D eigenvalue weighted by Crippen LogP contribution is -2.46. The molecule has 0 saturated heterocycles. The van der Waals surface area contributed by atoms with Crippen LogP contribution in [0.15, 0.2) is 47.9 Å². The number of aromatic nitrogens is 4. The third-order valence-electron chi connectivity index (χ3n) is 5.32. The van der Waals surface area contributed by atoms with Crippen molar-refractivity contribution in [1.82, 2.24) is 25.1 Å². The van der Waals surface area contributed by atoms with E-state index >= 15 is 0 Å². The first-order valence-electron chi connectivity index (χ1n) is 10.1. The maximum atomic E-state index is 12.7. The van der Waals surface area contributed by atoms with E-state index in [1.54, 1.807) is 12.4 Å². The number of amides is 1. The van der Waals surface area contributed by atoms with Gasteiger partial charge in [-0.1, -0.05) is 24.8 Å². The summed E-state index contributed by atoms with van der Waals surface area (Å²) in [4.78, 5) is 16.9. The van der Waals surface area contributed by atoms with Crippen molar-refractivity contribution in [3.05, 3.63) is 53.9 Å². The molecule has 3 aromatic rings. The van der Waals surface area contributed by atoms with Gasteiger partial charge in [-0.2, -0.15) is 0 Å². The SMILES string of the molecule is CCC(C)(C)NC(=O)C(C)Sc1nnc(-c2ccncc2)n1-c1ccc(C)c(C)c1. The van der Waals surface area contributed by atoms with Gasteiger partial charge in [0.15, 0.2) is 11.0 Å². The molecule has 7 heteroatoms. The second kappa shape index (κ2) is 9.00. The zero-order valence-corrected chi connectivity index (χ0v) is 19.2. The number of pyridine rings is 1. The molecular formula is C23H29N5OS. The maximum Gasteiger partial charge on any atom is 0.233 e. The standard InChI is InChI=1S/C23H29N5OS/c1-7-23(5,6)25-21(29)17(4)30-22-27-26-20(18-10-12-24-13-11-18)28(22)19-9-8-15(2)16(3)14-19/h8-14,17H,7H2,1-6H3,(H,25,29). The Morgan fingerprint density at radius 2 is 1.83 bits per heavy atom. The number of rotatable bonds is 7. The molecule has 1 N–H and O–H groups in total. The first kappa shape index (κ1) is 22.0. The molecule has 1 aromatic carbocycles. The van der Waals surface area contributed by atoms with Crippen LogP contribution in [-0.4, -0.2) is 36.4 Å². The summed E-state index contributed by atoms with van der Waals surface area (Å²) in [5, 5.41) is 12.4. The molecule has 2 heterocycles. The first-order valence-corrected chi connectivity index (χ1v) is 11.0. The van der Waals surface area contributed by atoms with Crippen LogP contribution in [0.3, 0.4) is 0 Å². The molecule has 0 aliphatic heterocycles. The predicted molar refractivity (Wildman–Crippen MR) is 122 cm³/mol. The number of nitrogens with one attached hydrogen (secondary N) is 1. The molecule has 1 amide bonds. The molecule has 0 aliphatic rings. The Kier molecular flexibility index (Phi) is 6.61. The lowest BCUT2D eigenvalue weighted by atomic mass is 10.0. The van der Waals surface area contributed by atoms with Crippen molar-refractivity contribution in [2.75, 3.05) is 0 Å². The number of aryl methyl sites for hydroxylation is 2. The smallest absolute Gasteiger partial charge is 0.233 e. The maximum absolute atomic E-state index is 12.7. The van der Waals surface area contributed by atoms with E-state index in [0.717, 1.165) is 23.5 Å². The van der Waals surface area contributed by atoms with Crippen LogP contribution in [0.4, 0.5) is 0 Å². The van der Waals surface area contributed by atoms with Crippen LogP contribution in [0.1, 0.15) is 45.2 Å². The minimum Gasteiger partial charge on any atom is -0.350 e. The lowest BCUT2D eigenvalue weighted by molar-refractivity contribution is -0.121. The molecule has 0 fully saturated rings.